The van der Waals surface area contributed by atoms with Gasteiger partial charge in [-0.15, -0.1) is 0 Å². The standard InChI is InChI=1S/C9H16O/c1-5-6-8(2)7-9(3)10-4/h5-6H2,1-4H3. The van der Waals surface area contributed by atoms with Crippen molar-refractivity contribution >= 4 is 0 Å². The third kappa shape index (κ3) is 4.22. The number of allylic oxidation sites excluding steroid dienone is 1. The van der Waals surface area contributed by atoms with Crippen molar-refractivity contribution < 1.29 is 4.74 Å². The third-order valence-electron chi connectivity index (χ3n) is 1.32. The molecular weight excluding hydrogens is 124 g/mol. The normalized spacial score (nSPS) is 8.40. The molecule has 0 aromatic rings. The SMILES string of the molecule is CCCC(C)=C=C(C)OC. The lowest BCUT2D eigenvalue weighted by Crippen LogP contribution is -1.77. The van der Waals surface area contributed by atoms with Crippen LogP contribution in [-0.4, -0.2) is 7.11 Å². The van der Waals surface area contributed by atoms with E-state index in [1.807, 2.05) is 6.92 Å². The molecule has 0 aromatic heterocycles. The minimum atomic E-state index is 0.867. The Hall–Kier alpha value is -0.680. The van der Waals surface area contributed by atoms with Gasteiger partial charge in [0.2, 0.25) is 0 Å². The van der Waals surface area contributed by atoms with Gasteiger partial charge in [0.05, 0.1) is 7.11 Å². The Morgan fingerprint density at radius 3 is 2.40 bits per heavy atom. The second kappa shape index (κ2) is 5.13. The summed E-state index contributed by atoms with van der Waals surface area (Å²) in [5.74, 6) is 0.867. The quantitative estimate of drug-likeness (QED) is 0.432. The summed E-state index contributed by atoms with van der Waals surface area (Å²) in [7, 11) is 1.67. The molecule has 58 valence electrons. The van der Waals surface area contributed by atoms with Crippen LogP contribution >= 0.6 is 0 Å². The Morgan fingerprint density at radius 2 is 2.00 bits per heavy atom. The molecule has 0 bridgehead atoms. The van der Waals surface area contributed by atoms with E-state index >= 15 is 0 Å². The molecule has 0 rings (SSSR count). The fraction of sp³-hybridized carbons (Fsp3) is 0.667. The fourth-order valence-corrected chi connectivity index (χ4v) is 0.789. The minimum Gasteiger partial charge on any atom is -0.493 e. The first kappa shape index (κ1) is 9.32. The highest BCUT2D eigenvalue weighted by Crippen LogP contribution is 2.02. The van der Waals surface area contributed by atoms with Gasteiger partial charge in [-0.3, -0.25) is 0 Å². The Kier molecular flexibility index (Phi) is 4.78. The first-order valence-corrected chi connectivity index (χ1v) is 3.67. The molecule has 1 heteroatoms. The average Bonchev–Trinajstić information content (AvgIpc) is 1.88. The van der Waals surface area contributed by atoms with Gasteiger partial charge in [0.15, 0.2) is 0 Å². The monoisotopic (exact) mass is 140 g/mol. The summed E-state index contributed by atoms with van der Waals surface area (Å²) in [5, 5.41) is 0. The van der Waals surface area contributed by atoms with Gasteiger partial charge < -0.3 is 4.74 Å². The van der Waals surface area contributed by atoms with Gasteiger partial charge >= 0.3 is 0 Å². The van der Waals surface area contributed by atoms with Crippen LogP contribution in [0.15, 0.2) is 17.1 Å². The molecule has 0 aliphatic heterocycles. The zero-order valence-electron chi connectivity index (χ0n) is 7.32. The molecule has 0 aliphatic carbocycles. The molecule has 0 heterocycles. The zero-order chi connectivity index (χ0) is 7.98. The summed E-state index contributed by atoms with van der Waals surface area (Å²) >= 11 is 0. The number of methoxy groups -OCH3 is 1. The van der Waals surface area contributed by atoms with E-state index in [1.54, 1.807) is 7.11 Å². The number of hydrogen-bond donors (Lipinski definition) is 0. The maximum absolute atomic E-state index is 4.95. The molecule has 0 amide bonds. The molecule has 0 radical (unpaired) electrons. The Bertz CT molecular complexity index is 150. The molecule has 0 N–H and O–H groups in total. The predicted molar refractivity (Wildman–Crippen MR) is 43.8 cm³/mol. The average molecular weight is 140 g/mol. The van der Waals surface area contributed by atoms with Gasteiger partial charge in [0, 0.05) is 6.92 Å². The number of ether oxygens (including phenoxy) is 1. The van der Waals surface area contributed by atoms with E-state index in [0.29, 0.717) is 0 Å². The van der Waals surface area contributed by atoms with Gasteiger partial charge in [-0.2, -0.15) is 0 Å². The molecule has 0 aliphatic rings. The largest absolute Gasteiger partial charge is 0.493 e. The topological polar surface area (TPSA) is 9.23 Å². The lowest BCUT2D eigenvalue weighted by atomic mass is 10.2. The lowest BCUT2D eigenvalue weighted by molar-refractivity contribution is 0.294. The van der Waals surface area contributed by atoms with Gasteiger partial charge in [-0.25, -0.2) is 0 Å². The zero-order valence-corrected chi connectivity index (χ0v) is 7.32. The first-order valence-electron chi connectivity index (χ1n) is 3.67. The van der Waals surface area contributed by atoms with Gasteiger partial charge in [0.25, 0.3) is 0 Å². The van der Waals surface area contributed by atoms with Crippen LogP contribution in [-0.2, 0) is 4.74 Å². The Balaban J connectivity index is 4.10. The summed E-state index contributed by atoms with van der Waals surface area (Å²) < 4.78 is 4.95. The van der Waals surface area contributed by atoms with E-state index < -0.39 is 0 Å². The molecule has 0 saturated carbocycles. The fourth-order valence-electron chi connectivity index (χ4n) is 0.789. The number of hydrogen-bond acceptors (Lipinski definition) is 1. The van der Waals surface area contributed by atoms with Crippen LogP contribution in [0.2, 0.25) is 0 Å². The smallest absolute Gasteiger partial charge is 0.134 e. The third-order valence-corrected chi connectivity index (χ3v) is 1.32. The van der Waals surface area contributed by atoms with Crippen LogP contribution in [0.25, 0.3) is 0 Å². The summed E-state index contributed by atoms with van der Waals surface area (Å²) in [6, 6.07) is 0. The van der Waals surface area contributed by atoms with Crippen LogP contribution in [0, 0.1) is 0 Å². The molecule has 0 aromatic carbocycles. The Labute approximate surface area is 63.4 Å². The van der Waals surface area contributed by atoms with Crippen molar-refractivity contribution in [1.82, 2.24) is 0 Å². The molecule has 0 spiro atoms. The minimum absolute atomic E-state index is 0.867. The highest BCUT2D eigenvalue weighted by molar-refractivity contribution is 5.00. The van der Waals surface area contributed by atoms with Crippen molar-refractivity contribution in [2.24, 2.45) is 0 Å². The highest BCUT2D eigenvalue weighted by Gasteiger charge is 1.85. The van der Waals surface area contributed by atoms with E-state index in [1.165, 1.54) is 12.0 Å². The van der Waals surface area contributed by atoms with Crippen LogP contribution in [0.5, 0.6) is 0 Å². The number of rotatable bonds is 3. The van der Waals surface area contributed by atoms with Crippen molar-refractivity contribution in [1.29, 1.82) is 0 Å². The summed E-state index contributed by atoms with van der Waals surface area (Å²) in [6.45, 7) is 6.15. The second-order valence-electron chi connectivity index (χ2n) is 2.42. The van der Waals surface area contributed by atoms with Crippen molar-refractivity contribution in [2.45, 2.75) is 33.6 Å². The van der Waals surface area contributed by atoms with Crippen molar-refractivity contribution in [3.05, 3.63) is 17.1 Å². The molecule has 0 fully saturated rings. The summed E-state index contributed by atoms with van der Waals surface area (Å²) in [5.41, 5.74) is 4.41. The molecular formula is C9H16O. The lowest BCUT2D eigenvalue weighted by Gasteiger charge is -1.94. The van der Waals surface area contributed by atoms with E-state index in [9.17, 15) is 0 Å². The molecule has 0 unspecified atom stereocenters. The van der Waals surface area contributed by atoms with Crippen molar-refractivity contribution in [2.75, 3.05) is 7.11 Å². The van der Waals surface area contributed by atoms with Crippen molar-refractivity contribution in [3.8, 4) is 0 Å². The van der Waals surface area contributed by atoms with Crippen molar-refractivity contribution in [3.63, 3.8) is 0 Å². The van der Waals surface area contributed by atoms with Gasteiger partial charge in [0.1, 0.15) is 5.76 Å². The maximum atomic E-state index is 4.95. The molecule has 0 atom stereocenters. The highest BCUT2D eigenvalue weighted by atomic mass is 16.5. The summed E-state index contributed by atoms with van der Waals surface area (Å²) in [4.78, 5) is 0. The van der Waals surface area contributed by atoms with Gasteiger partial charge in [-0.1, -0.05) is 19.1 Å². The first-order chi connectivity index (χ1) is 4.70. The second-order valence-corrected chi connectivity index (χ2v) is 2.42. The van der Waals surface area contributed by atoms with E-state index in [-0.39, 0.29) is 0 Å². The predicted octanol–water partition coefficient (Wildman–Crippen LogP) is 2.88. The molecule has 1 nitrogen and oxygen atoms in total. The van der Waals surface area contributed by atoms with Crippen LogP contribution < -0.4 is 0 Å². The van der Waals surface area contributed by atoms with E-state index in [2.05, 4.69) is 19.6 Å². The van der Waals surface area contributed by atoms with Crippen LogP contribution in [0.1, 0.15) is 33.6 Å². The maximum Gasteiger partial charge on any atom is 0.134 e. The summed E-state index contributed by atoms with van der Waals surface area (Å²) in [6.07, 6.45) is 2.29. The van der Waals surface area contributed by atoms with E-state index in [0.717, 1.165) is 12.2 Å². The van der Waals surface area contributed by atoms with Gasteiger partial charge in [-0.05, 0) is 18.9 Å². The van der Waals surface area contributed by atoms with Crippen LogP contribution in [0.4, 0.5) is 0 Å². The van der Waals surface area contributed by atoms with Crippen LogP contribution in [0.3, 0.4) is 0 Å². The molecule has 0 saturated heterocycles. The van der Waals surface area contributed by atoms with E-state index in [4.69, 9.17) is 4.74 Å². The Morgan fingerprint density at radius 1 is 1.40 bits per heavy atom. The molecule has 10 heavy (non-hydrogen) atoms.